The number of nitrogens with zero attached hydrogens (tertiary/aromatic N) is 3. The number of fused-ring (bicyclic) bond motifs is 13. The van der Waals surface area contributed by atoms with Crippen LogP contribution in [0.3, 0.4) is 0 Å². The van der Waals surface area contributed by atoms with Gasteiger partial charge in [0.25, 0.3) is 5.91 Å². The first-order valence-electron chi connectivity index (χ1n) is 15.3. The van der Waals surface area contributed by atoms with Crippen LogP contribution in [0.5, 0.6) is 0 Å². The molecule has 2 aromatic heterocycles. The SMILES string of the molecule is CCCCC(O)CN(C)[C@@H]1C[C@H]2O[C@@](C)([C@@H]1OC)n1c3ccccc3c3c4c(c5c6ccccc6n2c5c31)C(=O)NC4. The van der Waals surface area contributed by atoms with Gasteiger partial charge < -0.3 is 29.0 Å². The summed E-state index contributed by atoms with van der Waals surface area (Å²) >= 11 is 0. The van der Waals surface area contributed by atoms with E-state index in [4.69, 9.17) is 9.47 Å². The Morgan fingerprint density at radius 1 is 1.12 bits per heavy atom. The minimum absolute atomic E-state index is 0.0144. The number of carbonyl (C=O) groups excluding carboxylic acids is 1. The lowest BCUT2D eigenvalue weighted by Gasteiger charge is -2.51. The summed E-state index contributed by atoms with van der Waals surface area (Å²) in [5.41, 5.74) is 5.26. The number of carbonyl (C=O) groups is 1. The fourth-order valence-electron chi connectivity index (χ4n) is 8.44. The van der Waals surface area contributed by atoms with Gasteiger partial charge in [-0.1, -0.05) is 56.2 Å². The molecule has 8 heteroatoms. The molecular weight excluding hydrogens is 528 g/mol. The van der Waals surface area contributed by atoms with E-state index in [1.54, 1.807) is 7.11 Å². The number of likely N-dealkylation sites (N-methyl/N-ethyl adjacent to an activating group) is 1. The summed E-state index contributed by atoms with van der Waals surface area (Å²) in [6.07, 6.45) is 2.53. The number of hydrogen-bond donors (Lipinski definition) is 2. The molecule has 3 aliphatic heterocycles. The molecule has 2 N–H and O–H groups in total. The fourth-order valence-corrected chi connectivity index (χ4v) is 8.44. The van der Waals surface area contributed by atoms with Crippen molar-refractivity contribution in [2.45, 2.75) is 76.3 Å². The van der Waals surface area contributed by atoms with E-state index in [9.17, 15) is 9.90 Å². The van der Waals surface area contributed by atoms with E-state index in [2.05, 4.69) is 88.8 Å². The van der Waals surface area contributed by atoms with Crippen LogP contribution in [0.15, 0.2) is 48.5 Å². The van der Waals surface area contributed by atoms with Crippen LogP contribution in [0.4, 0.5) is 0 Å². The smallest absolute Gasteiger partial charge is 0.252 e. The number of ether oxygens (including phenoxy) is 2. The molecule has 0 saturated carbocycles. The Bertz CT molecular complexity index is 1910. The molecule has 42 heavy (non-hydrogen) atoms. The maximum Gasteiger partial charge on any atom is 0.252 e. The average Bonchev–Trinajstić information content (AvgIpc) is 3.63. The van der Waals surface area contributed by atoms with Crippen molar-refractivity contribution in [1.29, 1.82) is 0 Å². The zero-order valence-corrected chi connectivity index (χ0v) is 24.7. The quantitative estimate of drug-likeness (QED) is 0.267. The van der Waals surface area contributed by atoms with Crippen molar-refractivity contribution in [2.24, 2.45) is 0 Å². The van der Waals surface area contributed by atoms with Crippen LogP contribution in [0.1, 0.15) is 61.7 Å². The monoisotopic (exact) mass is 566 g/mol. The third-order valence-corrected chi connectivity index (χ3v) is 10.2. The van der Waals surface area contributed by atoms with Crippen LogP contribution in [0, 0.1) is 0 Å². The Hall–Kier alpha value is -3.43. The highest BCUT2D eigenvalue weighted by Gasteiger charge is 2.54. The molecule has 1 fully saturated rings. The van der Waals surface area contributed by atoms with Crippen LogP contribution in [-0.2, 0) is 21.7 Å². The molecule has 0 aliphatic carbocycles. The lowest BCUT2D eigenvalue weighted by molar-refractivity contribution is -0.268. The first-order valence-corrected chi connectivity index (χ1v) is 15.3. The van der Waals surface area contributed by atoms with Gasteiger partial charge in [0.05, 0.1) is 33.7 Å². The number of methoxy groups -OCH3 is 1. The highest BCUT2D eigenvalue weighted by molar-refractivity contribution is 6.31. The zero-order chi connectivity index (χ0) is 28.9. The van der Waals surface area contributed by atoms with E-state index in [0.29, 0.717) is 19.5 Å². The number of nitrogens with one attached hydrogen (secondary N) is 1. The second-order valence-electron chi connectivity index (χ2n) is 12.5. The van der Waals surface area contributed by atoms with Crippen LogP contribution in [0.25, 0.3) is 43.6 Å². The first kappa shape index (κ1) is 26.2. The molecule has 3 aromatic carbocycles. The summed E-state index contributed by atoms with van der Waals surface area (Å²) in [5.74, 6) is -0.0144. The van der Waals surface area contributed by atoms with Gasteiger partial charge in [-0.15, -0.1) is 0 Å². The second kappa shape index (κ2) is 9.28. The fraction of sp³-hybridized carbons (Fsp3) is 0.441. The van der Waals surface area contributed by atoms with Gasteiger partial charge in [-0.2, -0.15) is 0 Å². The van der Waals surface area contributed by atoms with Crippen molar-refractivity contribution >= 4 is 49.5 Å². The van der Waals surface area contributed by atoms with Gasteiger partial charge in [-0.3, -0.25) is 9.69 Å². The Kier molecular flexibility index (Phi) is 5.79. The van der Waals surface area contributed by atoms with Crippen molar-refractivity contribution in [3.8, 4) is 0 Å². The van der Waals surface area contributed by atoms with E-state index in [1.165, 1.54) is 0 Å². The highest BCUT2D eigenvalue weighted by atomic mass is 16.6. The van der Waals surface area contributed by atoms with Crippen LogP contribution in [0.2, 0.25) is 0 Å². The third kappa shape index (κ3) is 3.29. The molecule has 5 atom stereocenters. The Morgan fingerprint density at radius 2 is 1.83 bits per heavy atom. The normalized spacial score (nSPS) is 25.7. The summed E-state index contributed by atoms with van der Waals surface area (Å²) in [6, 6.07) is 16.9. The minimum atomic E-state index is -0.857. The number of benzene rings is 3. The Labute approximate surface area is 244 Å². The lowest BCUT2D eigenvalue weighted by atomic mass is 9.91. The van der Waals surface area contributed by atoms with Gasteiger partial charge in [0, 0.05) is 54.2 Å². The number of aliphatic hydroxyl groups is 1. The van der Waals surface area contributed by atoms with Crippen LogP contribution in [-0.4, -0.2) is 64.0 Å². The van der Waals surface area contributed by atoms with Gasteiger partial charge in [0.15, 0.2) is 5.72 Å². The summed E-state index contributed by atoms with van der Waals surface area (Å²) in [4.78, 5) is 15.8. The number of amides is 1. The maximum absolute atomic E-state index is 13.5. The second-order valence-corrected chi connectivity index (χ2v) is 12.5. The third-order valence-electron chi connectivity index (χ3n) is 10.2. The van der Waals surface area contributed by atoms with E-state index >= 15 is 0 Å². The first-order chi connectivity index (χ1) is 20.4. The average molecular weight is 567 g/mol. The number of rotatable bonds is 7. The highest BCUT2D eigenvalue weighted by Crippen LogP contribution is 2.54. The van der Waals surface area contributed by atoms with Gasteiger partial charge in [0.1, 0.15) is 12.3 Å². The predicted octanol–water partition coefficient (Wildman–Crippen LogP) is 5.62. The standard InChI is InChI=1S/C34H38N4O4/c1-5-6-11-19(39)18-36(3)25-16-26-37-23-14-9-7-12-20(23)28-29-22(17-35-33(29)40)27-21-13-8-10-15-24(21)38(31(27)30(28)37)34(2,42-26)32(25)41-4/h7-10,12-15,19,25-26,32,39H,5-6,11,16-18H2,1-4H3,(H,35,40)/t19?,25-,26-,32-,34+/m1/s1. The summed E-state index contributed by atoms with van der Waals surface area (Å²) in [7, 11) is 3.88. The number of unbranched alkanes of at least 4 members (excludes halogenated alkanes) is 1. The minimum Gasteiger partial charge on any atom is -0.392 e. The van der Waals surface area contributed by atoms with Crippen molar-refractivity contribution in [2.75, 3.05) is 20.7 Å². The topological polar surface area (TPSA) is 80.9 Å². The van der Waals surface area contributed by atoms with Crippen molar-refractivity contribution in [3.05, 3.63) is 59.7 Å². The molecule has 1 saturated heterocycles. The number of hydrogen-bond acceptors (Lipinski definition) is 5. The molecule has 3 aliphatic rings. The summed E-state index contributed by atoms with van der Waals surface area (Å²) in [6.45, 7) is 5.38. The summed E-state index contributed by atoms with van der Waals surface area (Å²) in [5, 5.41) is 18.4. The Balaban J connectivity index is 1.48. The zero-order valence-electron chi connectivity index (χ0n) is 24.7. The van der Waals surface area contributed by atoms with E-state index in [1.807, 2.05) is 0 Å². The lowest BCUT2D eigenvalue weighted by Crippen LogP contribution is -2.61. The van der Waals surface area contributed by atoms with Gasteiger partial charge in [0.2, 0.25) is 0 Å². The molecule has 1 amide bonds. The molecule has 5 heterocycles. The van der Waals surface area contributed by atoms with Crippen molar-refractivity contribution < 1.29 is 19.4 Å². The number of aromatic nitrogens is 2. The van der Waals surface area contributed by atoms with Crippen molar-refractivity contribution in [1.82, 2.24) is 19.4 Å². The van der Waals surface area contributed by atoms with E-state index < -0.39 is 11.8 Å². The molecule has 5 aromatic rings. The van der Waals surface area contributed by atoms with Gasteiger partial charge >= 0.3 is 0 Å². The number of aliphatic hydroxyl groups excluding tert-OH is 1. The molecule has 2 bridgehead atoms. The Morgan fingerprint density at radius 3 is 2.57 bits per heavy atom. The summed E-state index contributed by atoms with van der Waals surface area (Å²) < 4.78 is 18.4. The molecule has 0 radical (unpaired) electrons. The molecular formula is C34H38N4O4. The van der Waals surface area contributed by atoms with Crippen LogP contribution >= 0.6 is 0 Å². The van der Waals surface area contributed by atoms with E-state index in [-0.39, 0.29) is 24.3 Å². The van der Waals surface area contributed by atoms with E-state index in [0.717, 1.165) is 74.0 Å². The number of para-hydroxylation sites is 2. The molecule has 1 unspecified atom stereocenters. The van der Waals surface area contributed by atoms with Gasteiger partial charge in [-0.05, 0) is 38.1 Å². The largest absolute Gasteiger partial charge is 0.392 e. The maximum atomic E-state index is 13.5. The van der Waals surface area contributed by atoms with Gasteiger partial charge in [-0.25, -0.2) is 0 Å². The molecule has 218 valence electrons. The van der Waals surface area contributed by atoms with Crippen molar-refractivity contribution in [3.63, 3.8) is 0 Å². The van der Waals surface area contributed by atoms with Crippen LogP contribution < -0.4 is 5.32 Å². The molecule has 0 spiro atoms. The molecule has 8 rings (SSSR count). The predicted molar refractivity (Wildman–Crippen MR) is 165 cm³/mol. The molecule has 8 nitrogen and oxygen atoms in total.